The Bertz CT molecular complexity index is 1460. The van der Waals surface area contributed by atoms with Crippen LogP contribution in [0.1, 0.15) is 55.6 Å². The van der Waals surface area contributed by atoms with Gasteiger partial charge in [-0.1, -0.05) is 30.3 Å². The van der Waals surface area contributed by atoms with E-state index in [1.807, 2.05) is 46.6 Å². The SMILES string of the molecule is Cn1c(/C(C#N)=C/c2cn(-c3ccccc3)nc2C23CC4CC(CC(C4)C2)C3)nc2ccccc21. The maximum absolute atomic E-state index is 10.2. The standard InChI is InChI=1S/C30H29N5/c1-34-27-10-6-5-9-26(27)32-29(34)23(18-31)14-24-19-35(25-7-3-2-4-8-25)33-28(24)30-15-20-11-21(16-30)13-22(12-20)17-30/h2-10,14,19-22H,11-13,15-17H2,1H3/b23-14+. The Balaban J connectivity index is 1.40. The summed E-state index contributed by atoms with van der Waals surface area (Å²) in [5.74, 6) is 3.19. The number of hydrogen-bond donors (Lipinski definition) is 0. The van der Waals surface area contributed by atoms with Gasteiger partial charge in [0.25, 0.3) is 0 Å². The van der Waals surface area contributed by atoms with Gasteiger partial charge < -0.3 is 4.57 Å². The number of hydrogen-bond acceptors (Lipinski definition) is 3. The molecule has 5 heteroatoms. The predicted octanol–water partition coefficient (Wildman–Crippen LogP) is 6.29. The fourth-order valence-corrected chi connectivity index (χ4v) is 7.71. The second kappa shape index (κ2) is 7.68. The maximum Gasteiger partial charge on any atom is 0.151 e. The lowest BCUT2D eigenvalue weighted by atomic mass is 9.48. The van der Waals surface area contributed by atoms with Crippen molar-refractivity contribution in [1.29, 1.82) is 5.26 Å². The summed E-state index contributed by atoms with van der Waals surface area (Å²) in [6.45, 7) is 0. The minimum Gasteiger partial charge on any atom is -0.327 e. The lowest BCUT2D eigenvalue weighted by Crippen LogP contribution is -2.49. The molecule has 0 saturated heterocycles. The monoisotopic (exact) mass is 459 g/mol. The third kappa shape index (κ3) is 3.27. The molecule has 0 spiro atoms. The summed E-state index contributed by atoms with van der Waals surface area (Å²) in [7, 11) is 1.99. The molecule has 2 aromatic carbocycles. The molecule has 5 nitrogen and oxygen atoms in total. The van der Waals surface area contributed by atoms with Crippen molar-refractivity contribution in [2.45, 2.75) is 43.9 Å². The third-order valence-corrected chi connectivity index (χ3v) is 8.75. The highest BCUT2D eigenvalue weighted by Crippen LogP contribution is 2.61. The summed E-state index contributed by atoms with van der Waals surface area (Å²) in [5, 5.41) is 15.5. The van der Waals surface area contributed by atoms with E-state index in [0.29, 0.717) is 11.4 Å². The highest BCUT2D eigenvalue weighted by atomic mass is 15.3. The van der Waals surface area contributed by atoms with Gasteiger partial charge in [0, 0.05) is 24.2 Å². The van der Waals surface area contributed by atoms with Crippen LogP contribution in [0.5, 0.6) is 0 Å². The number of nitriles is 1. The molecule has 0 N–H and O–H groups in total. The van der Waals surface area contributed by atoms with Crippen LogP contribution in [0.2, 0.25) is 0 Å². The molecule has 2 aromatic heterocycles. The van der Waals surface area contributed by atoms with E-state index in [-0.39, 0.29) is 5.41 Å². The number of imidazole rings is 1. The van der Waals surface area contributed by atoms with E-state index < -0.39 is 0 Å². The second-order valence-electron chi connectivity index (χ2n) is 11.1. The van der Waals surface area contributed by atoms with Crippen molar-refractivity contribution in [1.82, 2.24) is 19.3 Å². The summed E-state index contributed by atoms with van der Waals surface area (Å²) in [6.07, 6.45) is 12.1. The van der Waals surface area contributed by atoms with Crippen LogP contribution in [-0.4, -0.2) is 19.3 Å². The van der Waals surface area contributed by atoms with Crippen LogP contribution in [-0.2, 0) is 12.5 Å². The van der Waals surface area contributed by atoms with Gasteiger partial charge in [0.1, 0.15) is 6.07 Å². The van der Waals surface area contributed by atoms with Gasteiger partial charge in [0.15, 0.2) is 5.82 Å². The highest BCUT2D eigenvalue weighted by Gasteiger charge is 2.53. The van der Waals surface area contributed by atoms with Crippen LogP contribution < -0.4 is 0 Å². The van der Waals surface area contributed by atoms with E-state index >= 15 is 0 Å². The maximum atomic E-state index is 10.2. The molecule has 0 radical (unpaired) electrons. The Morgan fingerprint density at radius 1 is 0.971 bits per heavy atom. The predicted molar refractivity (Wildman–Crippen MR) is 138 cm³/mol. The van der Waals surface area contributed by atoms with Crippen LogP contribution >= 0.6 is 0 Å². The van der Waals surface area contributed by atoms with Gasteiger partial charge in [-0.05, 0) is 86.6 Å². The number of rotatable bonds is 4. The first-order valence-corrected chi connectivity index (χ1v) is 12.8. The van der Waals surface area contributed by atoms with Crippen molar-refractivity contribution in [3.63, 3.8) is 0 Å². The van der Waals surface area contributed by atoms with Crippen LogP contribution in [0, 0.1) is 29.1 Å². The molecule has 4 aromatic rings. The topological polar surface area (TPSA) is 59.4 Å². The molecule has 8 rings (SSSR count). The van der Waals surface area contributed by atoms with Gasteiger partial charge in [0.05, 0.1) is 28.0 Å². The Kier molecular flexibility index (Phi) is 4.54. The molecular formula is C30H29N5. The Morgan fingerprint density at radius 3 is 2.29 bits per heavy atom. The van der Waals surface area contributed by atoms with Crippen molar-refractivity contribution in [2.75, 3.05) is 0 Å². The first kappa shape index (κ1) is 20.7. The summed E-state index contributed by atoms with van der Waals surface area (Å²) >= 11 is 0. The summed E-state index contributed by atoms with van der Waals surface area (Å²) < 4.78 is 4.04. The van der Waals surface area contributed by atoms with Crippen LogP contribution in [0.25, 0.3) is 28.4 Å². The molecule has 0 unspecified atom stereocenters. The second-order valence-corrected chi connectivity index (χ2v) is 11.1. The molecule has 0 aliphatic heterocycles. The third-order valence-electron chi connectivity index (χ3n) is 8.75. The summed E-state index contributed by atoms with van der Waals surface area (Å²) in [6, 6.07) is 20.9. The van der Waals surface area contributed by atoms with E-state index in [4.69, 9.17) is 10.1 Å². The van der Waals surface area contributed by atoms with Crippen molar-refractivity contribution < 1.29 is 0 Å². The van der Waals surface area contributed by atoms with Crippen molar-refractivity contribution >= 4 is 22.7 Å². The number of aryl methyl sites for hydroxylation is 1. The normalized spacial score (nSPS) is 27.4. The quantitative estimate of drug-likeness (QED) is 0.337. The number of para-hydroxylation sites is 3. The number of fused-ring (bicyclic) bond motifs is 1. The number of benzene rings is 2. The van der Waals surface area contributed by atoms with Gasteiger partial charge in [0.2, 0.25) is 0 Å². The van der Waals surface area contributed by atoms with E-state index in [9.17, 15) is 5.26 Å². The van der Waals surface area contributed by atoms with Gasteiger partial charge in [-0.15, -0.1) is 0 Å². The van der Waals surface area contributed by atoms with Gasteiger partial charge in [-0.25, -0.2) is 9.67 Å². The lowest BCUT2D eigenvalue weighted by Gasteiger charge is -2.56. The van der Waals surface area contributed by atoms with E-state index in [1.165, 1.54) is 44.2 Å². The number of nitrogens with zero attached hydrogens (tertiary/aromatic N) is 5. The van der Waals surface area contributed by atoms with Crippen LogP contribution in [0.4, 0.5) is 0 Å². The van der Waals surface area contributed by atoms with Crippen LogP contribution in [0.15, 0.2) is 60.8 Å². The zero-order valence-electron chi connectivity index (χ0n) is 20.1. The lowest BCUT2D eigenvalue weighted by molar-refractivity contribution is -0.00742. The average molecular weight is 460 g/mol. The Labute approximate surface area is 205 Å². The molecule has 4 aliphatic carbocycles. The zero-order valence-corrected chi connectivity index (χ0v) is 20.1. The first-order chi connectivity index (χ1) is 17.1. The molecule has 4 saturated carbocycles. The average Bonchev–Trinajstić information content (AvgIpc) is 3.44. The smallest absolute Gasteiger partial charge is 0.151 e. The minimum absolute atomic E-state index is 0.132. The van der Waals surface area contributed by atoms with Gasteiger partial charge in [-0.3, -0.25) is 0 Å². The van der Waals surface area contributed by atoms with Crippen molar-refractivity contribution in [3.05, 3.63) is 77.9 Å². The number of aromatic nitrogens is 4. The molecule has 4 aliphatic rings. The highest BCUT2D eigenvalue weighted by molar-refractivity contribution is 5.91. The molecular weight excluding hydrogens is 430 g/mol. The first-order valence-electron chi connectivity index (χ1n) is 12.8. The fraction of sp³-hybridized carbons (Fsp3) is 0.367. The van der Waals surface area contributed by atoms with Gasteiger partial charge in [-0.2, -0.15) is 10.4 Å². The molecule has 2 heterocycles. The fourth-order valence-electron chi connectivity index (χ4n) is 7.71. The minimum atomic E-state index is 0.132. The summed E-state index contributed by atoms with van der Waals surface area (Å²) in [4.78, 5) is 4.81. The molecule has 174 valence electrons. The zero-order chi connectivity index (χ0) is 23.6. The molecule has 4 bridgehead atoms. The summed E-state index contributed by atoms with van der Waals surface area (Å²) in [5.41, 5.74) is 5.97. The molecule has 4 fully saturated rings. The van der Waals surface area contributed by atoms with E-state index in [1.54, 1.807) is 0 Å². The van der Waals surface area contributed by atoms with Crippen molar-refractivity contribution in [3.8, 4) is 11.8 Å². The largest absolute Gasteiger partial charge is 0.327 e. The van der Waals surface area contributed by atoms with E-state index in [0.717, 1.165) is 40.0 Å². The molecule has 35 heavy (non-hydrogen) atoms. The molecule has 0 atom stereocenters. The van der Waals surface area contributed by atoms with Crippen molar-refractivity contribution in [2.24, 2.45) is 24.8 Å². The van der Waals surface area contributed by atoms with Gasteiger partial charge >= 0.3 is 0 Å². The number of allylic oxidation sites excluding steroid dienone is 1. The van der Waals surface area contributed by atoms with Crippen LogP contribution in [0.3, 0.4) is 0 Å². The Hall–Kier alpha value is -3.65. The van der Waals surface area contributed by atoms with E-state index in [2.05, 4.69) is 42.6 Å². The molecule has 0 amide bonds. The Morgan fingerprint density at radius 2 is 1.63 bits per heavy atom.